The largest absolute Gasteiger partial charge is 0.465 e. The molecule has 6 rings (SSSR count). The molecule has 2 N–H and O–H groups in total. The highest BCUT2D eigenvalue weighted by Crippen LogP contribution is 2.60. The van der Waals surface area contributed by atoms with Gasteiger partial charge in [0.1, 0.15) is 5.54 Å². The molecule has 47 heavy (non-hydrogen) atoms. The van der Waals surface area contributed by atoms with E-state index in [1.165, 1.54) is 36.5 Å². The van der Waals surface area contributed by atoms with Gasteiger partial charge in [-0.15, -0.1) is 0 Å². The molecule has 1 saturated carbocycles. The normalized spacial score (nSPS) is 23.9. The van der Waals surface area contributed by atoms with E-state index in [4.69, 9.17) is 23.2 Å². The van der Waals surface area contributed by atoms with Gasteiger partial charge in [0.2, 0.25) is 6.04 Å². The van der Waals surface area contributed by atoms with E-state index in [2.05, 4.69) is 15.0 Å². The molecule has 2 aromatic carbocycles. The van der Waals surface area contributed by atoms with Crippen molar-refractivity contribution in [2.45, 2.75) is 56.3 Å². The van der Waals surface area contributed by atoms with Gasteiger partial charge >= 0.3 is 5.97 Å². The minimum Gasteiger partial charge on any atom is -0.465 e. The third kappa shape index (κ3) is 5.58. The lowest BCUT2D eigenvalue weighted by Gasteiger charge is -2.39. The summed E-state index contributed by atoms with van der Waals surface area (Å²) in [5, 5.41) is 39.2. The van der Waals surface area contributed by atoms with E-state index in [0.717, 1.165) is 26.0 Å². The van der Waals surface area contributed by atoms with Crippen LogP contribution in [0.4, 0.5) is 15.8 Å². The second kappa shape index (κ2) is 12.8. The van der Waals surface area contributed by atoms with E-state index >= 15 is 4.39 Å². The number of amides is 1. The minimum atomic E-state index is -1.85. The Hall–Kier alpha value is -4.24. The SMILES string of the molecule is C.COC(=O)c1ccc(C(O)C[C@H]2[C@@H]([N+](=O)[O-])[C@H](c3ccnc(Cl)c3F)[C@]3(C(=O)Nc4cc(Cl)ccc43)N2CC2CC2)c([N+](=O)[O-])c1. The van der Waals surface area contributed by atoms with Crippen LogP contribution in [0.15, 0.2) is 48.7 Å². The van der Waals surface area contributed by atoms with Gasteiger partial charge in [-0.2, -0.15) is 0 Å². The average molecular weight is 691 g/mol. The van der Waals surface area contributed by atoms with Gasteiger partial charge in [-0.05, 0) is 55.5 Å². The Labute approximate surface area is 277 Å². The standard InChI is InChI=1S/C30H26Cl2FN5O8.CH4/c1-46-28(40)15-4-6-17(21(10-15)37(42)43)23(39)12-22-26(38(44)45)24(18-8-9-34-27(32)25(18)33)30(36(22)13-14-2-3-14)19-7-5-16(31)11-20(19)35-29(30)41;/h4-11,14,22-24,26,39H,2-3,12-13H2,1H3,(H,35,41);1H4/t22-,23?,24-,26+,30+;/m0./s1. The molecule has 3 aromatic rings. The number of aliphatic hydroxyl groups is 1. The predicted octanol–water partition coefficient (Wildman–Crippen LogP) is 5.65. The van der Waals surface area contributed by atoms with Gasteiger partial charge in [0, 0.05) is 45.6 Å². The highest BCUT2D eigenvalue weighted by molar-refractivity contribution is 6.31. The zero-order valence-electron chi connectivity index (χ0n) is 24.1. The fourth-order valence-electron chi connectivity index (χ4n) is 7.03. The molecule has 1 aliphatic carbocycles. The fraction of sp³-hybridized carbons (Fsp3) is 0.387. The van der Waals surface area contributed by atoms with Crippen molar-refractivity contribution in [2.24, 2.45) is 5.92 Å². The van der Waals surface area contributed by atoms with Crippen LogP contribution < -0.4 is 5.32 Å². The summed E-state index contributed by atoms with van der Waals surface area (Å²) in [6, 6.07) is 6.27. The van der Waals surface area contributed by atoms with Crippen LogP contribution in [0.2, 0.25) is 10.2 Å². The highest BCUT2D eigenvalue weighted by Gasteiger charge is 2.71. The molecule has 16 heteroatoms. The first-order valence-electron chi connectivity index (χ1n) is 14.3. The number of nitrogens with zero attached hydrogens (tertiary/aromatic N) is 4. The lowest BCUT2D eigenvalue weighted by atomic mass is 9.73. The number of pyridine rings is 1. The molecular formula is C31H30Cl2FN5O8. The van der Waals surface area contributed by atoms with Gasteiger partial charge in [-0.25, -0.2) is 14.2 Å². The van der Waals surface area contributed by atoms with E-state index in [1.54, 1.807) is 11.0 Å². The number of nitro groups is 2. The molecule has 0 bridgehead atoms. The van der Waals surface area contributed by atoms with Crippen LogP contribution in [-0.2, 0) is 15.1 Å². The maximum atomic E-state index is 15.9. The number of aliphatic hydroxyl groups excluding tert-OH is 1. The first-order chi connectivity index (χ1) is 21.9. The molecule has 0 radical (unpaired) electrons. The number of methoxy groups -OCH3 is 1. The van der Waals surface area contributed by atoms with Crippen LogP contribution in [0, 0.1) is 32.0 Å². The van der Waals surface area contributed by atoms with E-state index in [1.807, 2.05) is 0 Å². The third-order valence-corrected chi connectivity index (χ3v) is 9.60. The van der Waals surface area contributed by atoms with Crippen molar-refractivity contribution >= 4 is 46.5 Å². The van der Waals surface area contributed by atoms with Crippen LogP contribution in [0.1, 0.15) is 65.8 Å². The monoisotopic (exact) mass is 689 g/mol. The predicted molar refractivity (Wildman–Crippen MR) is 168 cm³/mol. The number of aromatic nitrogens is 1. The Bertz CT molecular complexity index is 1790. The summed E-state index contributed by atoms with van der Waals surface area (Å²) in [7, 11) is 1.11. The Morgan fingerprint density at radius 3 is 2.57 bits per heavy atom. The van der Waals surface area contributed by atoms with E-state index in [-0.39, 0.29) is 41.6 Å². The van der Waals surface area contributed by atoms with Gasteiger partial charge in [0.25, 0.3) is 11.6 Å². The van der Waals surface area contributed by atoms with Crippen molar-refractivity contribution in [3.05, 3.63) is 107 Å². The molecule has 1 spiro atoms. The Kier molecular flexibility index (Phi) is 9.25. The van der Waals surface area contributed by atoms with Crippen molar-refractivity contribution in [3.63, 3.8) is 0 Å². The molecule has 5 atom stereocenters. The smallest absolute Gasteiger partial charge is 0.338 e. The first-order valence-corrected chi connectivity index (χ1v) is 15.0. The fourth-order valence-corrected chi connectivity index (χ4v) is 7.37. The molecule has 13 nitrogen and oxygen atoms in total. The quantitative estimate of drug-likeness (QED) is 0.123. The Balaban J connectivity index is 0.00000433. The number of benzene rings is 2. The second-order valence-electron chi connectivity index (χ2n) is 11.6. The number of rotatable bonds is 9. The molecular weight excluding hydrogens is 660 g/mol. The number of nitrogens with one attached hydrogen (secondary N) is 1. The van der Waals surface area contributed by atoms with Crippen LogP contribution in [-0.4, -0.2) is 62.5 Å². The molecule has 1 aromatic heterocycles. The number of anilines is 1. The van der Waals surface area contributed by atoms with Gasteiger partial charge < -0.3 is 15.2 Å². The number of esters is 1. The van der Waals surface area contributed by atoms with Crippen molar-refractivity contribution in [1.29, 1.82) is 0 Å². The van der Waals surface area contributed by atoms with Gasteiger partial charge in [-0.3, -0.25) is 29.9 Å². The minimum absolute atomic E-state index is 0. The van der Waals surface area contributed by atoms with E-state index in [9.17, 15) is 34.9 Å². The molecule has 3 heterocycles. The number of carbonyl (C=O) groups excluding carboxylic acids is 2. The van der Waals surface area contributed by atoms with Crippen LogP contribution in [0.25, 0.3) is 0 Å². The summed E-state index contributed by atoms with van der Waals surface area (Å²) in [5.74, 6) is -3.94. The molecule has 2 fully saturated rings. The second-order valence-corrected chi connectivity index (χ2v) is 12.4. The highest BCUT2D eigenvalue weighted by atomic mass is 35.5. The number of ether oxygens (including phenoxy) is 1. The van der Waals surface area contributed by atoms with Crippen LogP contribution in [0.3, 0.4) is 0 Å². The van der Waals surface area contributed by atoms with E-state index in [0.29, 0.717) is 11.3 Å². The zero-order chi connectivity index (χ0) is 33.1. The number of likely N-dealkylation sites (tertiary alicyclic amines) is 1. The third-order valence-electron chi connectivity index (χ3n) is 9.10. The lowest BCUT2D eigenvalue weighted by molar-refractivity contribution is -0.528. The van der Waals surface area contributed by atoms with Gasteiger partial charge in [-0.1, -0.05) is 36.7 Å². The number of halogens is 3. The number of carbonyl (C=O) groups is 2. The first kappa shape index (κ1) is 34.1. The number of nitro benzene ring substituents is 1. The molecule has 1 unspecified atom stereocenters. The van der Waals surface area contributed by atoms with Crippen molar-refractivity contribution in [3.8, 4) is 0 Å². The van der Waals surface area contributed by atoms with Crippen molar-refractivity contribution in [2.75, 3.05) is 19.0 Å². The van der Waals surface area contributed by atoms with E-state index < -0.39 is 74.4 Å². The van der Waals surface area contributed by atoms with Crippen molar-refractivity contribution < 1.29 is 33.7 Å². The van der Waals surface area contributed by atoms with Gasteiger partial charge in [0.15, 0.2) is 11.0 Å². The summed E-state index contributed by atoms with van der Waals surface area (Å²) >= 11 is 12.3. The summed E-state index contributed by atoms with van der Waals surface area (Å²) in [6.45, 7) is 0.178. The summed E-state index contributed by atoms with van der Waals surface area (Å²) in [5.41, 5.74) is -2.38. The molecule has 3 aliphatic rings. The number of fused-ring (bicyclic) bond motifs is 2. The average Bonchev–Trinajstić information content (AvgIpc) is 3.74. The van der Waals surface area contributed by atoms with Crippen molar-refractivity contribution in [1.82, 2.24) is 9.88 Å². The number of hydrogen-bond acceptors (Lipinski definition) is 10. The maximum Gasteiger partial charge on any atom is 0.338 e. The maximum absolute atomic E-state index is 15.9. The molecule has 1 saturated heterocycles. The summed E-state index contributed by atoms with van der Waals surface area (Å²) in [6.07, 6.45) is 0.630. The van der Waals surface area contributed by atoms with Crippen LogP contribution >= 0.6 is 23.2 Å². The summed E-state index contributed by atoms with van der Waals surface area (Å²) in [4.78, 5) is 55.5. The number of hydrogen-bond donors (Lipinski definition) is 2. The zero-order valence-corrected chi connectivity index (χ0v) is 25.6. The van der Waals surface area contributed by atoms with Gasteiger partial charge in [0.05, 0.1) is 41.2 Å². The van der Waals surface area contributed by atoms with Crippen LogP contribution in [0.5, 0.6) is 0 Å². The summed E-state index contributed by atoms with van der Waals surface area (Å²) < 4.78 is 20.5. The Morgan fingerprint density at radius 2 is 1.94 bits per heavy atom. The Morgan fingerprint density at radius 1 is 1.21 bits per heavy atom. The lowest BCUT2D eigenvalue weighted by Crippen LogP contribution is -2.53. The molecule has 1 amide bonds. The molecule has 248 valence electrons. The topological polar surface area (TPSA) is 178 Å². The molecule has 2 aliphatic heterocycles.